The molecular weight excluding hydrogens is 318 g/mol. The predicted octanol–water partition coefficient (Wildman–Crippen LogP) is 0.416. The number of aliphatic imine (C=N–C) groups is 1. The Morgan fingerprint density at radius 3 is 2.92 bits per heavy atom. The largest absolute Gasteiger partial charge is 0.373 e. The first-order valence-electron chi connectivity index (χ1n) is 9.87. The number of guanidine groups is 1. The molecule has 0 saturated carbocycles. The normalized spacial score (nSPS) is 30.4. The summed E-state index contributed by atoms with van der Waals surface area (Å²) in [5, 5.41) is 6.81. The molecule has 0 radical (unpaired) electrons. The van der Waals surface area contributed by atoms with Crippen molar-refractivity contribution in [3.8, 4) is 0 Å². The number of nitrogens with zero attached hydrogens (tertiary/aromatic N) is 3. The lowest BCUT2D eigenvalue weighted by Crippen LogP contribution is -2.48. The molecule has 2 N–H and O–H groups in total. The Kier molecular flexibility index (Phi) is 6.53. The Hall–Kier alpha value is -1.34. The Morgan fingerprint density at radius 2 is 2.12 bits per heavy atom. The van der Waals surface area contributed by atoms with Crippen LogP contribution in [0.25, 0.3) is 0 Å². The smallest absolute Gasteiger partial charge is 0.222 e. The highest BCUT2D eigenvalue weighted by Gasteiger charge is 2.32. The predicted molar refractivity (Wildman–Crippen MR) is 98.7 cm³/mol. The molecule has 25 heavy (non-hydrogen) atoms. The lowest BCUT2D eigenvalue weighted by atomic mass is 10.2. The number of carbonyl (C=O) groups is 1. The average Bonchev–Trinajstić information content (AvgIpc) is 3.28. The highest BCUT2D eigenvalue weighted by atomic mass is 16.5. The summed E-state index contributed by atoms with van der Waals surface area (Å²) in [7, 11) is 0. The third-order valence-electron chi connectivity index (χ3n) is 5.44. The number of morpholine rings is 1. The molecule has 3 aliphatic heterocycles. The van der Waals surface area contributed by atoms with Crippen molar-refractivity contribution in [2.45, 2.75) is 57.7 Å². The van der Waals surface area contributed by atoms with Gasteiger partial charge in [-0.05, 0) is 32.7 Å². The van der Waals surface area contributed by atoms with Gasteiger partial charge in [0.1, 0.15) is 0 Å². The summed E-state index contributed by atoms with van der Waals surface area (Å²) < 4.78 is 6.00. The lowest BCUT2D eigenvalue weighted by molar-refractivity contribution is -0.129. The highest BCUT2D eigenvalue weighted by molar-refractivity contribution is 5.80. The Balaban J connectivity index is 1.49. The van der Waals surface area contributed by atoms with Gasteiger partial charge in [-0.1, -0.05) is 6.92 Å². The summed E-state index contributed by atoms with van der Waals surface area (Å²) in [5.74, 6) is 1.08. The van der Waals surface area contributed by atoms with E-state index in [-0.39, 0.29) is 18.1 Å². The minimum absolute atomic E-state index is 0.187. The summed E-state index contributed by atoms with van der Waals surface area (Å²) in [6.07, 6.45) is 4.31. The summed E-state index contributed by atoms with van der Waals surface area (Å²) >= 11 is 0. The summed E-state index contributed by atoms with van der Waals surface area (Å²) in [4.78, 5) is 21.1. The number of amides is 1. The van der Waals surface area contributed by atoms with Crippen LogP contribution in [0.2, 0.25) is 0 Å². The zero-order valence-electron chi connectivity index (χ0n) is 15.7. The maximum absolute atomic E-state index is 11.8. The maximum Gasteiger partial charge on any atom is 0.222 e. The minimum Gasteiger partial charge on any atom is -0.373 e. The van der Waals surface area contributed by atoms with E-state index in [0.717, 1.165) is 45.2 Å². The number of rotatable bonds is 5. The van der Waals surface area contributed by atoms with Gasteiger partial charge in [-0.25, -0.2) is 0 Å². The molecule has 1 amide bonds. The molecule has 3 rings (SSSR count). The second kappa shape index (κ2) is 8.85. The van der Waals surface area contributed by atoms with Gasteiger partial charge in [0.05, 0.1) is 19.3 Å². The fraction of sp³-hybridized carbons (Fsp3) is 0.889. The molecule has 142 valence electrons. The maximum atomic E-state index is 11.8. The van der Waals surface area contributed by atoms with Crippen molar-refractivity contribution in [1.29, 1.82) is 0 Å². The van der Waals surface area contributed by atoms with Gasteiger partial charge in [-0.15, -0.1) is 0 Å². The molecule has 3 heterocycles. The van der Waals surface area contributed by atoms with Crippen molar-refractivity contribution in [2.24, 2.45) is 4.99 Å². The van der Waals surface area contributed by atoms with Crippen molar-refractivity contribution in [3.05, 3.63) is 0 Å². The van der Waals surface area contributed by atoms with E-state index in [0.29, 0.717) is 19.0 Å². The fourth-order valence-corrected chi connectivity index (χ4v) is 4.03. The molecule has 7 nitrogen and oxygen atoms in total. The van der Waals surface area contributed by atoms with Crippen LogP contribution in [0.5, 0.6) is 0 Å². The zero-order valence-corrected chi connectivity index (χ0v) is 15.7. The highest BCUT2D eigenvalue weighted by Crippen LogP contribution is 2.22. The summed E-state index contributed by atoms with van der Waals surface area (Å²) in [6.45, 7) is 10.2. The molecular formula is C18H33N5O2. The number of ether oxygens (including phenoxy) is 1. The van der Waals surface area contributed by atoms with Crippen LogP contribution >= 0.6 is 0 Å². The molecule has 0 aliphatic carbocycles. The molecule has 3 unspecified atom stereocenters. The third kappa shape index (κ3) is 4.85. The molecule has 0 aromatic heterocycles. The average molecular weight is 351 g/mol. The number of hydrogen-bond acceptors (Lipinski definition) is 4. The van der Waals surface area contributed by atoms with Crippen LogP contribution in [0, 0.1) is 0 Å². The van der Waals surface area contributed by atoms with Gasteiger partial charge in [0.15, 0.2) is 5.96 Å². The number of likely N-dealkylation sites (tertiary alicyclic amines) is 1. The first kappa shape index (κ1) is 18.5. The van der Waals surface area contributed by atoms with E-state index in [4.69, 9.17) is 9.73 Å². The SMILES string of the molecule is CCNC(=NCC1CN2CCCC2CO1)NC1CCN(C(=O)CC)C1. The minimum atomic E-state index is 0.187. The fourth-order valence-electron chi connectivity index (χ4n) is 4.03. The van der Waals surface area contributed by atoms with Gasteiger partial charge >= 0.3 is 0 Å². The van der Waals surface area contributed by atoms with Gasteiger partial charge < -0.3 is 20.3 Å². The van der Waals surface area contributed by atoms with Crippen molar-refractivity contribution in [3.63, 3.8) is 0 Å². The van der Waals surface area contributed by atoms with Crippen LogP contribution in [0.1, 0.15) is 39.5 Å². The molecule has 3 fully saturated rings. The van der Waals surface area contributed by atoms with E-state index in [9.17, 15) is 4.79 Å². The van der Waals surface area contributed by atoms with Gasteiger partial charge in [-0.3, -0.25) is 14.7 Å². The number of fused-ring (bicyclic) bond motifs is 1. The zero-order chi connectivity index (χ0) is 17.6. The number of carbonyl (C=O) groups excluding carboxylic acids is 1. The van der Waals surface area contributed by atoms with E-state index in [1.807, 2.05) is 11.8 Å². The second-order valence-electron chi connectivity index (χ2n) is 7.29. The van der Waals surface area contributed by atoms with Crippen LogP contribution < -0.4 is 10.6 Å². The topological polar surface area (TPSA) is 69.2 Å². The van der Waals surface area contributed by atoms with Crippen LogP contribution in [-0.4, -0.2) is 85.7 Å². The number of hydrogen-bond donors (Lipinski definition) is 2. The van der Waals surface area contributed by atoms with E-state index in [1.54, 1.807) is 0 Å². The molecule has 7 heteroatoms. The molecule has 3 atom stereocenters. The first-order chi connectivity index (χ1) is 12.2. The molecule has 0 aromatic carbocycles. The van der Waals surface area contributed by atoms with Crippen LogP contribution in [0.15, 0.2) is 4.99 Å². The van der Waals surface area contributed by atoms with Crippen molar-refractivity contribution >= 4 is 11.9 Å². The third-order valence-corrected chi connectivity index (χ3v) is 5.44. The molecule has 0 spiro atoms. The standard InChI is InChI=1S/C18H33N5O2/c1-3-17(24)23-9-7-14(11-23)21-18(19-4-2)20-10-16-12-22-8-5-6-15(22)13-25-16/h14-16H,3-13H2,1-2H3,(H2,19,20,21). The quantitative estimate of drug-likeness (QED) is 0.555. The summed E-state index contributed by atoms with van der Waals surface area (Å²) in [6, 6.07) is 0.913. The van der Waals surface area contributed by atoms with E-state index in [2.05, 4.69) is 22.5 Å². The Bertz CT molecular complexity index is 484. The Labute approximate surface area is 151 Å². The van der Waals surface area contributed by atoms with Gasteiger partial charge in [0.2, 0.25) is 5.91 Å². The summed E-state index contributed by atoms with van der Waals surface area (Å²) in [5.41, 5.74) is 0. The molecule has 3 saturated heterocycles. The molecule has 0 aromatic rings. The van der Waals surface area contributed by atoms with E-state index in [1.165, 1.54) is 19.4 Å². The van der Waals surface area contributed by atoms with Crippen LogP contribution in [0.3, 0.4) is 0 Å². The monoisotopic (exact) mass is 351 g/mol. The molecule has 0 bridgehead atoms. The van der Waals surface area contributed by atoms with E-state index < -0.39 is 0 Å². The Morgan fingerprint density at radius 1 is 1.24 bits per heavy atom. The van der Waals surface area contributed by atoms with Gasteiger partial charge in [-0.2, -0.15) is 0 Å². The van der Waals surface area contributed by atoms with Crippen molar-refractivity contribution < 1.29 is 9.53 Å². The van der Waals surface area contributed by atoms with Gasteiger partial charge in [0, 0.05) is 44.7 Å². The van der Waals surface area contributed by atoms with E-state index >= 15 is 0 Å². The van der Waals surface area contributed by atoms with Gasteiger partial charge in [0.25, 0.3) is 0 Å². The van der Waals surface area contributed by atoms with Crippen LogP contribution in [-0.2, 0) is 9.53 Å². The lowest BCUT2D eigenvalue weighted by Gasteiger charge is -2.34. The molecule has 3 aliphatic rings. The second-order valence-corrected chi connectivity index (χ2v) is 7.29. The first-order valence-corrected chi connectivity index (χ1v) is 9.87. The van der Waals surface area contributed by atoms with Crippen molar-refractivity contribution in [1.82, 2.24) is 20.4 Å². The number of nitrogens with one attached hydrogen (secondary N) is 2. The van der Waals surface area contributed by atoms with Crippen molar-refractivity contribution in [2.75, 3.05) is 45.9 Å². The van der Waals surface area contributed by atoms with Crippen LogP contribution in [0.4, 0.5) is 0 Å².